The van der Waals surface area contributed by atoms with Crippen LogP contribution in [0.5, 0.6) is 11.6 Å². The third-order valence-corrected chi connectivity index (χ3v) is 9.57. The van der Waals surface area contributed by atoms with Gasteiger partial charge in [0, 0.05) is 13.1 Å². The molecule has 6 aromatic rings. The molecule has 1 fully saturated rings. The fraction of sp³-hybridized carbons (Fsp3) is 0.158. The second kappa shape index (κ2) is 12.8. The predicted octanol–water partition coefficient (Wildman–Crippen LogP) is 7.15. The molecule has 47 heavy (non-hydrogen) atoms. The van der Waals surface area contributed by atoms with E-state index in [-0.39, 0.29) is 17.8 Å². The normalized spacial score (nSPS) is 14.9. The van der Waals surface area contributed by atoms with Gasteiger partial charge in [-0.25, -0.2) is 4.98 Å². The maximum Gasteiger partial charge on any atom is 0.290 e. The number of aromatic nitrogens is 3. The summed E-state index contributed by atoms with van der Waals surface area (Å²) in [6.45, 7) is 0.259. The van der Waals surface area contributed by atoms with Crippen molar-refractivity contribution in [1.29, 1.82) is 0 Å². The van der Waals surface area contributed by atoms with Crippen LogP contribution in [0.15, 0.2) is 127 Å². The van der Waals surface area contributed by atoms with E-state index < -0.39 is 10.8 Å². The lowest BCUT2D eigenvalue weighted by Gasteiger charge is -2.42. The molecule has 3 heterocycles. The molecule has 0 saturated carbocycles. The van der Waals surface area contributed by atoms with Crippen LogP contribution in [0.4, 0.5) is 4.79 Å². The molecule has 0 N–H and O–H groups in total. The molecular formula is C38H32N4O4S. The molecule has 2 amide bonds. The first-order valence-electron chi connectivity index (χ1n) is 15.3. The maximum atomic E-state index is 14.4. The third-order valence-electron chi connectivity index (χ3n) is 8.54. The van der Waals surface area contributed by atoms with Gasteiger partial charge in [-0.3, -0.25) is 14.5 Å². The topological polar surface area (TPSA) is 86.5 Å². The minimum absolute atomic E-state index is 0.219. The number of amides is 2. The number of aryl methyl sites for hydroxylation is 1. The molecule has 1 aliphatic rings. The molecule has 234 valence electrons. The lowest BCUT2D eigenvalue weighted by Crippen LogP contribution is -2.51. The van der Waals surface area contributed by atoms with Gasteiger partial charge >= 0.3 is 0 Å². The molecule has 1 aliphatic heterocycles. The van der Waals surface area contributed by atoms with Crippen LogP contribution < -0.4 is 9.47 Å². The zero-order valence-electron chi connectivity index (χ0n) is 25.9. The second-order valence-electron chi connectivity index (χ2n) is 11.3. The first-order chi connectivity index (χ1) is 23.0. The molecule has 2 aromatic heterocycles. The summed E-state index contributed by atoms with van der Waals surface area (Å²) in [5.41, 5.74) is 3.82. The Kier molecular flexibility index (Phi) is 8.22. The van der Waals surface area contributed by atoms with E-state index in [0.29, 0.717) is 18.1 Å². The summed E-state index contributed by atoms with van der Waals surface area (Å²) in [5, 5.41) is -0.847. The number of pyridine rings is 1. The highest BCUT2D eigenvalue weighted by atomic mass is 32.2. The Morgan fingerprint density at radius 2 is 1.32 bits per heavy atom. The summed E-state index contributed by atoms with van der Waals surface area (Å²) < 4.78 is 13.2. The SMILES string of the molecule is COc1ccc2nc(COc3ccc(CC4SC(=O)N(C(c5ccccc5)(c5ccccc5)c5ccccc5)C4=O)cc3)n(C)c2n1. The highest BCUT2D eigenvalue weighted by molar-refractivity contribution is 8.15. The van der Waals surface area contributed by atoms with Gasteiger partial charge in [0.25, 0.3) is 5.24 Å². The predicted molar refractivity (Wildman–Crippen MR) is 182 cm³/mol. The number of nitrogens with zero attached hydrogens (tertiary/aromatic N) is 4. The number of benzene rings is 4. The number of hydrogen-bond donors (Lipinski definition) is 0. The van der Waals surface area contributed by atoms with E-state index in [4.69, 9.17) is 9.47 Å². The van der Waals surface area contributed by atoms with Gasteiger partial charge in [0.2, 0.25) is 11.8 Å². The maximum absolute atomic E-state index is 14.4. The number of fused-ring (bicyclic) bond motifs is 1. The average Bonchev–Trinajstić information content (AvgIpc) is 3.59. The number of methoxy groups -OCH3 is 1. The highest BCUT2D eigenvalue weighted by Crippen LogP contribution is 2.47. The number of carbonyl (C=O) groups is 2. The smallest absolute Gasteiger partial charge is 0.290 e. The molecular weight excluding hydrogens is 609 g/mol. The Balaban J connectivity index is 1.13. The van der Waals surface area contributed by atoms with Gasteiger partial charge < -0.3 is 14.0 Å². The van der Waals surface area contributed by atoms with Crippen LogP contribution in [0.3, 0.4) is 0 Å². The van der Waals surface area contributed by atoms with Crippen molar-refractivity contribution in [3.05, 3.63) is 155 Å². The summed E-state index contributed by atoms with van der Waals surface area (Å²) in [4.78, 5) is 39.0. The van der Waals surface area contributed by atoms with Gasteiger partial charge in [-0.05, 0) is 46.9 Å². The summed E-state index contributed by atoms with van der Waals surface area (Å²) in [5.74, 6) is 1.71. The van der Waals surface area contributed by atoms with Crippen LogP contribution >= 0.6 is 11.8 Å². The van der Waals surface area contributed by atoms with Crippen molar-refractivity contribution in [2.24, 2.45) is 7.05 Å². The van der Waals surface area contributed by atoms with Gasteiger partial charge in [0.1, 0.15) is 29.2 Å². The van der Waals surface area contributed by atoms with Crippen molar-refractivity contribution in [2.75, 3.05) is 7.11 Å². The Morgan fingerprint density at radius 1 is 0.745 bits per heavy atom. The first kappa shape index (κ1) is 30.3. The third kappa shape index (κ3) is 5.53. The number of ether oxygens (including phenoxy) is 2. The second-order valence-corrected chi connectivity index (χ2v) is 12.4. The molecule has 1 saturated heterocycles. The van der Waals surface area contributed by atoms with E-state index in [1.165, 1.54) is 4.90 Å². The average molecular weight is 641 g/mol. The van der Waals surface area contributed by atoms with Gasteiger partial charge in [-0.2, -0.15) is 4.98 Å². The Bertz CT molecular complexity index is 1940. The highest BCUT2D eigenvalue weighted by Gasteiger charge is 2.53. The zero-order valence-corrected chi connectivity index (χ0v) is 26.8. The summed E-state index contributed by atoms with van der Waals surface area (Å²) in [6, 6.07) is 40.7. The van der Waals surface area contributed by atoms with Crippen molar-refractivity contribution in [1.82, 2.24) is 19.4 Å². The number of rotatable bonds is 10. The quantitative estimate of drug-likeness (QED) is 0.147. The van der Waals surface area contributed by atoms with Crippen LogP contribution in [0, 0.1) is 0 Å². The van der Waals surface area contributed by atoms with E-state index >= 15 is 0 Å². The number of carbonyl (C=O) groups excluding carboxylic acids is 2. The van der Waals surface area contributed by atoms with Gasteiger partial charge in [0.05, 0.1) is 12.4 Å². The molecule has 0 spiro atoms. The Morgan fingerprint density at radius 3 is 1.87 bits per heavy atom. The van der Waals surface area contributed by atoms with Crippen LogP contribution in [0.1, 0.15) is 28.1 Å². The van der Waals surface area contributed by atoms with Crippen LogP contribution in [0.2, 0.25) is 0 Å². The van der Waals surface area contributed by atoms with Gasteiger partial charge in [0.15, 0.2) is 5.65 Å². The Labute approximate surface area is 277 Å². The molecule has 1 unspecified atom stereocenters. The zero-order chi connectivity index (χ0) is 32.4. The number of thioether (sulfide) groups is 1. The van der Waals surface area contributed by atoms with E-state index in [1.807, 2.05) is 133 Å². The van der Waals surface area contributed by atoms with Crippen LogP contribution in [-0.4, -0.2) is 42.9 Å². The summed E-state index contributed by atoms with van der Waals surface area (Å²) in [6.07, 6.45) is 0.402. The van der Waals surface area contributed by atoms with Crippen molar-refractivity contribution in [3.63, 3.8) is 0 Å². The largest absolute Gasteiger partial charge is 0.486 e. The summed E-state index contributed by atoms with van der Waals surface area (Å²) in [7, 11) is 3.48. The molecule has 0 radical (unpaired) electrons. The minimum Gasteiger partial charge on any atom is -0.486 e. The standard InChI is InChI=1S/C38H32N4O4S/c1-41-33(39-31-22-23-34(45-2)40-35(31)41)25-46-30-20-18-26(19-21-30)24-32-36(43)42(37(44)47-32)38(27-12-6-3-7-13-27,28-14-8-4-9-15-28)29-16-10-5-11-17-29/h3-23,32H,24-25H2,1-2H3. The molecule has 0 bridgehead atoms. The molecule has 0 aliphatic carbocycles. The molecule has 7 rings (SSSR count). The van der Waals surface area contributed by atoms with E-state index in [1.54, 1.807) is 13.2 Å². The van der Waals surface area contributed by atoms with E-state index in [9.17, 15) is 9.59 Å². The van der Waals surface area contributed by atoms with E-state index in [2.05, 4.69) is 9.97 Å². The minimum atomic E-state index is -1.13. The van der Waals surface area contributed by atoms with Gasteiger partial charge in [-0.15, -0.1) is 0 Å². The number of hydrogen-bond acceptors (Lipinski definition) is 7. The van der Waals surface area contributed by atoms with Crippen molar-refractivity contribution >= 4 is 34.1 Å². The lowest BCUT2D eigenvalue weighted by atomic mass is 9.75. The fourth-order valence-electron chi connectivity index (χ4n) is 6.24. The van der Waals surface area contributed by atoms with Crippen molar-refractivity contribution in [2.45, 2.75) is 23.8 Å². The van der Waals surface area contributed by atoms with Gasteiger partial charge in [-0.1, -0.05) is 115 Å². The van der Waals surface area contributed by atoms with Crippen LogP contribution in [-0.2, 0) is 30.4 Å². The Hall–Kier alpha value is -5.41. The first-order valence-corrected chi connectivity index (χ1v) is 16.2. The van der Waals surface area contributed by atoms with Crippen LogP contribution in [0.25, 0.3) is 11.2 Å². The summed E-state index contributed by atoms with van der Waals surface area (Å²) >= 11 is 1.09. The van der Waals surface area contributed by atoms with Crippen molar-refractivity contribution < 1.29 is 19.1 Å². The van der Waals surface area contributed by atoms with E-state index in [0.717, 1.165) is 51.0 Å². The molecule has 8 nitrogen and oxygen atoms in total. The molecule has 1 atom stereocenters. The number of imidazole rings is 1. The lowest BCUT2D eigenvalue weighted by molar-refractivity contribution is -0.129. The number of imide groups is 1. The molecule has 4 aromatic carbocycles. The fourth-order valence-corrected chi connectivity index (χ4v) is 7.29. The molecule has 9 heteroatoms. The monoisotopic (exact) mass is 640 g/mol. The van der Waals surface area contributed by atoms with Crippen molar-refractivity contribution in [3.8, 4) is 11.6 Å².